The molecule has 0 bridgehead atoms. The summed E-state index contributed by atoms with van der Waals surface area (Å²) in [5.41, 5.74) is 3.94. The zero-order chi connectivity index (χ0) is 21.3. The third-order valence-electron chi connectivity index (χ3n) is 5.72. The molecule has 0 atom stereocenters. The van der Waals surface area contributed by atoms with Gasteiger partial charge in [0.15, 0.2) is 0 Å². The Hall–Kier alpha value is -3.35. The Morgan fingerprint density at radius 3 is 2.60 bits per heavy atom. The molecule has 1 saturated heterocycles. The molecular weight excluding hydrogens is 376 g/mol. The summed E-state index contributed by atoms with van der Waals surface area (Å²) in [6.07, 6.45) is 2.70. The molecule has 1 N–H and O–H groups in total. The summed E-state index contributed by atoms with van der Waals surface area (Å²) < 4.78 is 0. The molecule has 0 spiro atoms. The summed E-state index contributed by atoms with van der Waals surface area (Å²) >= 11 is 0. The first-order valence-corrected chi connectivity index (χ1v) is 10.3. The zero-order valence-corrected chi connectivity index (χ0v) is 17.9. The van der Waals surface area contributed by atoms with Crippen LogP contribution in [0.15, 0.2) is 48.6 Å². The Balaban J connectivity index is 1.72. The quantitative estimate of drug-likeness (QED) is 0.770. The Morgan fingerprint density at radius 1 is 1.20 bits per heavy atom. The molecule has 1 aromatic carbocycles. The van der Waals surface area contributed by atoms with Gasteiger partial charge in [-0.2, -0.15) is 9.97 Å². The molecule has 7 nitrogen and oxygen atoms in total. The number of nitrogens with zero attached hydrogens (tertiary/aromatic N) is 5. The number of allylic oxidation sites excluding steroid dienone is 1. The van der Waals surface area contributed by atoms with Crippen molar-refractivity contribution >= 4 is 29.1 Å². The molecule has 1 fully saturated rings. The third-order valence-corrected chi connectivity index (χ3v) is 5.72. The molecule has 156 valence electrons. The van der Waals surface area contributed by atoms with Gasteiger partial charge in [0.05, 0.1) is 18.7 Å². The molecule has 3 heterocycles. The number of carbonyl (C=O) groups is 1. The van der Waals surface area contributed by atoms with Gasteiger partial charge in [0.1, 0.15) is 11.6 Å². The first-order valence-electron chi connectivity index (χ1n) is 10.3. The first-order chi connectivity index (χ1) is 14.5. The molecule has 0 radical (unpaired) electrons. The zero-order valence-electron chi connectivity index (χ0n) is 17.9. The van der Waals surface area contributed by atoms with E-state index < -0.39 is 0 Å². The van der Waals surface area contributed by atoms with Crippen molar-refractivity contribution in [2.75, 3.05) is 41.9 Å². The maximum Gasteiger partial charge on any atom is 0.267 e. The fraction of sp³-hybridized carbons (Fsp3) is 0.348. The van der Waals surface area contributed by atoms with Gasteiger partial charge in [0.25, 0.3) is 5.91 Å². The van der Waals surface area contributed by atoms with Crippen molar-refractivity contribution in [1.82, 2.24) is 15.0 Å². The van der Waals surface area contributed by atoms with Crippen molar-refractivity contribution in [1.29, 1.82) is 0 Å². The second-order valence-corrected chi connectivity index (χ2v) is 7.60. The lowest BCUT2D eigenvalue weighted by atomic mass is 10.00. The minimum atomic E-state index is -0.0124. The maximum atomic E-state index is 12.7. The number of carbonyl (C=O) groups excluding carboxylic acids is 1. The number of amides is 1. The van der Waals surface area contributed by atoms with E-state index in [-0.39, 0.29) is 5.91 Å². The molecule has 0 aliphatic carbocycles. The molecule has 4 rings (SSSR count). The summed E-state index contributed by atoms with van der Waals surface area (Å²) in [5, 5.41) is 6.77. The van der Waals surface area contributed by atoms with Crippen molar-refractivity contribution in [2.45, 2.75) is 26.8 Å². The van der Waals surface area contributed by atoms with Gasteiger partial charge < -0.3 is 10.2 Å². The monoisotopic (exact) mass is 404 g/mol. The van der Waals surface area contributed by atoms with Crippen LogP contribution in [0.25, 0.3) is 5.57 Å². The molecule has 2 aliphatic rings. The van der Waals surface area contributed by atoms with Gasteiger partial charge in [0.2, 0.25) is 5.95 Å². The lowest BCUT2D eigenvalue weighted by Gasteiger charge is -2.44. The van der Waals surface area contributed by atoms with Crippen molar-refractivity contribution in [3.8, 4) is 0 Å². The number of hydrazine groups is 1. The van der Waals surface area contributed by atoms with E-state index in [1.165, 1.54) is 5.56 Å². The number of hydrogen-bond donors (Lipinski definition) is 1. The van der Waals surface area contributed by atoms with Crippen LogP contribution in [-0.4, -0.2) is 47.6 Å². The molecule has 0 saturated carbocycles. The first kappa shape index (κ1) is 19.9. The van der Waals surface area contributed by atoms with Crippen LogP contribution < -0.4 is 15.2 Å². The predicted molar refractivity (Wildman–Crippen MR) is 121 cm³/mol. The van der Waals surface area contributed by atoms with Gasteiger partial charge in [0, 0.05) is 25.7 Å². The van der Waals surface area contributed by atoms with E-state index in [1.807, 2.05) is 38.0 Å². The predicted octanol–water partition coefficient (Wildman–Crippen LogP) is 3.47. The fourth-order valence-electron chi connectivity index (χ4n) is 3.79. The fourth-order valence-corrected chi connectivity index (χ4v) is 3.79. The van der Waals surface area contributed by atoms with Crippen LogP contribution in [0.4, 0.5) is 17.6 Å². The van der Waals surface area contributed by atoms with Gasteiger partial charge in [-0.1, -0.05) is 43.0 Å². The van der Waals surface area contributed by atoms with Gasteiger partial charge >= 0.3 is 0 Å². The number of hydrogen-bond acceptors (Lipinski definition) is 6. The number of fused-ring (bicyclic) bond motifs is 1. The van der Waals surface area contributed by atoms with Gasteiger partial charge in [-0.15, -0.1) is 0 Å². The lowest BCUT2D eigenvalue weighted by molar-refractivity contribution is -0.130. The third kappa shape index (κ3) is 3.51. The highest BCUT2D eigenvalue weighted by atomic mass is 16.2. The van der Waals surface area contributed by atoms with Crippen LogP contribution in [0.1, 0.15) is 31.4 Å². The molecule has 2 aromatic rings. The Kier molecular flexibility index (Phi) is 5.44. The minimum Gasteiger partial charge on any atom is -0.372 e. The summed E-state index contributed by atoms with van der Waals surface area (Å²) in [4.78, 5) is 24.6. The summed E-state index contributed by atoms with van der Waals surface area (Å²) in [7, 11) is 1.86. The van der Waals surface area contributed by atoms with Gasteiger partial charge in [-0.3, -0.25) is 4.79 Å². The average molecular weight is 405 g/mol. The molecule has 30 heavy (non-hydrogen) atoms. The minimum absolute atomic E-state index is 0.0124. The SMILES string of the molecule is C=C1CCN(Cc2ccccc2)c2nc(N3CCN3C(=O)/C(C)=C/C)nc(NC)c21. The van der Waals surface area contributed by atoms with E-state index in [2.05, 4.69) is 41.1 Å². The van der Waals surface area contributed by atoms with E-state index in [0.717, 1.165) is 42.3 Å². The van der Waals surface area contributed by atoms with E-state index in [0.29, 0.717) is 24.6 Å². The summed E-state index contributed by atoms with van der Waals surface area (Å²) in [6, 6.07) is 10.4. The van der Waals surface area contributed by atoms with Gasteiger partial charge in [-0.05, 0) is 31.4 Å². The highest BCUT2D eigenvalue weighted by Gasteiger charge is 2.35. The van der Waals surface area contributed by atoms with E-state index in [1.54, 1.807) is 5.01 Å². The van der Waals surface area contributed by atoms with Crippen LogP contribution in [0.3, 0.4) is 0 Å². The molecule has 7 heteroatoms. The van der Waals surface area contributed by atoms with Crippen LogP contribution in [0.5, 0.6) is 0 Å². The van der Waals surface area contributed by atoms with Crippen molar-refractivity contribution in [2.24, 2.45) is 0 Å². The smallest absolute Gasteiger partial charge is 0.267 e. The van der Waals surface area contributed by atoms with E-state index in [9.17, 15) is 4.79 Å². The van der Waals surface area contributed by atoms with Gasteiger partial charge in [-0.25, -0.2) is 10.0 Å². The van der Waals surface area contributed by atoms with Crippen LogP contribution in [0.2, 0.25) is 0 Å². The van der Waals surface area contributed by atoms with Crippen LogP contribution in [-0.2, 0) is 11.3 Å². The van der Waals surface area contributed by atoms with Crippen molar-refractivity contribution < 1.29 is 4.79 Å². The topological polar surface area (TPSA) is 64.6 Å². The molecule has 2 aliphatic heterocycles. The number of aromatic nitrogens is 2. The number of nitrogens with one attached hydrogen (secondary N) is 1. The Bertz CT molecular complexity index is 1000. The molecule has 1 amide bonds. The molecular formula is C23H28N6O. The van der Waals surface area contributed by atoms with Crippen molar-refractivity contribution in [3.63, 3.8) is 0 Å². The van der Waals surface area contributed by atoms with Crippen molar-refractivity contribution in [3.05, 3.63) is 59.7 Å². The van der Waals surface area contributed by atoms with Crippen LogP contribution in [0, 0.1) is 0 Å². The lowest BCUT2D eigenvalue weighted by Crippen LogP contribution is -2.61. The van der Waals surface area contributed by atoms with Crippen LogP contribution >= 0.6 is 0 Å². The highest BCUT2D eigenvalue weighted by molar-refractivity contribution is 5.94. The normalized spacial score (nSPS) is 16.3. The van der Waals surface area contributed by atoms with E-state index in [4.69, 9.17) is 9.97 Å². The Morgan fingerprint density at radius 2 is 1.97 bits per heavy atom. The average Bonchev–Trinajstić information content (AvgIpc) is 2.74. The Labute approximate surface area is 177 Å². The molecule has 1 aromatic heterocycles. The number of benzene rings is 1. The second kappa shape index (κ2) is 8.18. The standard InChI is InChI=1S/C23H28N6O/c1-5-16(2)22(30)28-13-14-29(28)23-25-20(24-4)19-17(3)11-12-27(21(19)26-23)15-18-9-7-6-8-10-18/h5-10H,3,11-15H2,1-2,4H3,(H,24,25,26)/b16-5+. The maximum absolute atomic E-state index is 12.7. The summed E-state index contributed by atoms with van der Waals surface area (Å²) in [6.45, 7) is 11.0. The number of rotatable bonds is 5. The highest BCUT2D eigenvalue weighted by Crippen LogP contribution is 2.39. The summed E-state index contributed by atoms with van der Waals surface area (Å²) in [5.74, 6) is 2.14. The van der Waals surface area contributed by atoms with E-state index >= 15 is 0 Å². The largest absolute Gasteiger partial charge is 0.372 e. The molecule has 0 unspecified atom stereocenters. The second-order valence-electron chi connectivity index (χ2n) is 7.60. The number of anilines is 3.